The first-order chi connectivity index (χ1) is 9.06. The number of nitrogens with zero attached hydrogens (tertiary/aromatic N) is 1. The van der Waals surface area contributed by atoms with E-state index in [0.717, 1.165) is 31.6 Å². The number of aliphatic hydroxyl groups is 1. The van der Waals surface area contributed by atoms with Gasteiger partial charge in [-0.1, -0.05) is 0 Å². The van der Waals surface area contributed by atoms with Crippen LogP contribution < -0.4 is 10.6 Å². The van der Waals surface area contributed by atoms with E-state index in [1.165, 1.54) is 0 Å². The van der Waals surface area contributed by atoms with E-state index in [1.807, 2.05) is 6.07 Å². The van der Waals surface area contributed by atoms with Crippen molar-refractivity contribution in [3.05, 3.63) is 23.8 Å². The number of benzene rings is 1. The zero-order chi connectivity index (χ0) is 13.6. The maximum atomic E-state index is 11.1. The molecule has 0 amide bonds. The summed E-state index contributed by atoms with van der Waals surface area (Å²) in [5.41, 5.74) is 6.98. The van der Waals surface area contributed by atoms with Crippen molar-refractivity contribution in [3.8, 4) is 0 Å². The number of carboxylic acid groups (broad SMARTS) is 1. The molecule has 1 aromatic rings. The van der Waals surface area contributed by atoms with Crippen LogP contribution in [0.2, 0.25) is 0 Å². The van der Waals surface area contributed by atoms with Crippen LogP contribution in [0.3, 0.4) is 0 Å². The van der Waals surface area contributed by atoms with Gasteiger partial charge in [0.25, 0.3) is 0 Å². The molecule has 0 bridgehead atoms. The van der Waals surface area contributed by atoms with Gasteiger partial charge in [0, 0.05) is 30.4 Å². The summed E-state index contributed by atoms with van der Waals surface area (Å²) < 4.78 is 0. The Morgan fingerprint density at radius 3 is 2.79 bits per heavy atom. The molecule has 1 aliphatic heterocycles. The molecule has 3 unspecified atom stereocenters. The van der Waals surface area contributed by atoms with Crippen LogP contribution in [0.1, 0.15) is 23.2 Å². The van der Waals surface area contributed by atoms with E-state index in [2.05, 4.69) is 4.90 Å². The highest BCUT2D eigenvalue weighted by molar-refractivity contribution is 5.94. The Morgan fingerprint density at radius 2 is 2.11 bits per heavy atom. The average molecular weight is 262 g/mol. The fourth-order valence-electron chi connectivity index (χ4n) is 3.37. The van der Waals surface area contributed by atoms with Gasteiger partial charge in [-0.2, -0.15) is 0 Å². The highest BCUT2D eigenvalue weighted by Gasteiger charge is 2.41. The van der Waals surface area contributed by atoms with E-state index >= 15 is 0 Å². The average Bonchev–Trinajstić information content (AvgIpc) is 2.92. The largest absolute Gasteiger partial charge is 0.478 e. The van der Waals surface area contributed by atoms with Crippen LogP contribution in [0.5, 0.6) is 0 Å². The number of hydrogen-bond acceptors (Lipinski definition) is 4. The molecule has 3 rings (SSSR count). The number of carbonyl (C=O) groups is 1. The van der Waals surface area contributed by atoms with E-state index in [4.69, 9.17) is 10.8 Å². The molecule has 1 aliphatic carbocycles. The van der Waals surface area contributed by atoms with Crippen LogP contribution in [0.15, 0.2) is 18.2 Å². The van der Waals surface area contributed by atoms with Crippen molar-refractivity contribution in [3.63, 3.8) is 0 Å². The molecular weight excluding hydrogens is 244 g/mol. The van der Waals surface area contributed by atoms with Gasteiger partial charge >= 0.3 is 5.97 Å². The standard InChI is InChI=1S/C14H18N2O3/c15-12-3-2-9(5-10(12)14(18)19)16-6-8-1-4-13(17)11(8)7-16/h2-3,5,8,11,13,17H,1,4,6-7,15H2,(H,18,19). The minimum absolute atomic E-state index is 0.148. The summed E-state index contributed by atoms with van der Waals surface area (Å²) in [5.74, 6) is -0.148. The molecule has 1 aromatic carbocycles. The van der Waals surface area contributed by atoms with Gasteiger partial charge in [0.05, 0.1) is 11.7 Å². The number of hydrogen-bond donors (Lipinski definition) is 3. The minimum atomic E-state index is -1.00. The summed E-state index contributed by atoms with van der Waals surface area (Å²) in [4.78, 5) is 13.3. The lowest BCUT2D eigenvalue weighted by Gasteiger charge is -2.21. The highest BCUT2D eigenvalue weighted by atomic mass is 16.4. The third-order valence-electron chi connectivity index (χ3n) is 4.45. The smallest absolute Gasteiger partial charge is 0.337 e. The number of rotatable bonds is 2. The van der Waals surface area contributed by atoms with Crippen molar-refractivity contribution in [2.45, 2.75) is 18.9 Å². The second-order valence-corrected chi connectivity index (χ2v) is 5.55. The molecule has 5 heteroatoms. The number of aliphatic hydroxyl groups excluding tert-OH is 1. The van der Waals surface area contributed by atoms with E-state index in [9.17, 15) is 9.90 Å². The molecular formula is C14H18N2O3. The predicted octanol–water partition coefficient (Wildman–Crippen LogP) is 1.17. The van der Waals surface area contributed by atoms with Gasteiger partial charge in [-0.25, -0.2) is 4.79 Å². The topological polar surface area (TPSA) is 86.8 Å². The number of nitrogens with two attached hydrogens (primary N) is 1. The van der Waals surface area contributed by atoms with Crippen LogP contribution in [-0.2, 0) is 0 Å². The lowest BCUT2D eigenvalue weighted by atomic mass is 10.00. The second kappa shape index (κ2) is 4.42. The maximum Gasteiger partial charge on any atom is 0.337 e. The van der Waals surface area contributed by atoms with Crippen LogP contribution in [-0.4, -0.2) is 35.4 Å². The first-order valence-corrected chi connectivity index (χ1v) is 6.62. The number of carboxylic acids is 1. The van der Waals surface area contributed by atoms with Crippen molar-refractivity contribution < 1.29 is 15.0 Å². The highest BCUT2D eigenvalue weighted by Crippen LogP contribution is 2.40. The van der Waals surface area contributed by atoms with Gasteiger partial charge in [0.1, 0.15) is 0 Å². The summed E-state index contributed by atoms with van der Waals surface area (Å²) in [6.07, 6.45) is 1.75. The molecule has 4 N–H and O–H groups in total. The summed E-state index contributed by atoms with van der Waals surface area (Å²) >= 11 is 0. The van der Waals surface area contributed by atoms with Crippen molar-refractivity contribution in [1.29, 1.82) is 0 Å². The normalized spacial score (nSPS) is 29.5. The molecule has 1 saturated carbocycles. The third kappa shape index (κ3) is 2.04. The fourth-order valence-corrected chi connectivity index (χ4v) is 3.37. The third-order valence-corrected chi connectivity index (χ3v) is 4.45. The lowest BCUT2D eigenvalue weighted by Crippen LogP contribution is -2.24. The monoisotopic (exact) mass is 262 g/mol. The summed E-state index contributed by atoms with van der Waals surface area (Å²) in [6.45, 7) is 1.69. The first-order valence-electron chi connectivity index (χ1n) is 6.62. The Kier molecular flexibility index (Phi) is 2.86. The van der Waals surface area contributed by atoms with Crippen LogP contribution in [0.4, 0.5) is 11.4 Å². The van der Waals surface area contributed by atoms with Gasteiger partial charge < -0.3 is 20.8 Å². The molecule has 19 heavy (non-hydrogen) atoms. The molecule has 1 heterocycles. The molecule has 102 valence electrons. The van der Waals surface area contributed by atoms with E-state index in [-0.39, 0.29) is 17.4 Å². The number of nitrogen functional groups attached to an aromatic ring is 1. The van der Waals surface area contributed by atoms with Crippen molar-refractivity contribution in [2.24, 2.45) is 11.8 Å². The van der Waals surface area contributed by atoms with Gasteiger partial charge in [0.2, 0.25) is 0 Å². The zero-order valence-corrected chi connectivity index (χ0v) is 10.6. The number of fused-ring (bicyclic) bond motifs is 1. The molecule has 0 spiro atoms. The molecule has 0 radical (unpaired) electrons. The molecule has 5 nitrogen and oxygen atoms in total. The van der Waals surface area contributed by atoms with Crippen LogP contribution in [0, 0.1) is 11.8 Å². The van der Waals surface area contributed by atoms with Crippen LogP contribution >= 0.6 is 0 Å². The zero-order valence-electron chi connectivity index (χ0n) is 10.6. The minimum Gasteiger partial charge on any atom is -0.478 e. The summed E-state index contributed by atoms with van der Waals surface area (Å²) in [6, 6.07) is 5.13. The fraction of sp³-hybridized carbons (Fsp3) is 0.500. The Hall–Kier alpha value is -1.75. The SMILES string of the molecule is Nc1ccc(N2CC3CCC(O)C3C2)cc1C(=O)O. The van der Waals surface area contributed by atoms with Gasteiger partial charge in [-0.3, -0.25) is 0 Å². The number of anilines is 2. The quantitative estimate of drug-likeness (QED) is 0.697. The van der Waals surface area contributed by atoms with Gasteiger partial charge in [-0.15, -0.1) is 0 Å². The first kappa shape index (κ1) is 12.3. The van der Waals surface area contributed by atoms with Crippen molar-refractivity contribution >= 4 is 17.3 Å². The maximum absolute atomic E-state index is 11.1. The summed E-state index contributed by atoms with van der Waals surface area (Å²) in [7, 11) is 0. The molecule has 2 fully saturated rings. The molecule has 2 aliphatic rings. The van der Waals surface area contributed by atoms with Gasteiger partial charge in [0.15, 0.2) is 0 Å². The Morgan fingerprint density at radius 1 is 1.32 bits per heavy atom. The van der Waals surface area contributed by atoms with Crippen LogP contribution in [0.25, 0.3) is 0 Å². The van der Waals surface area contributed by atoms with Crippen molar-refractivity contribution in [2.75, 3.05) is 23.7 Å². The predicted molar refractivity (Wildman–Crippen MR) is 72.2 cm³/mol. The molecule has 3 atom stereocenters. The van der Waals surface area contributed by atoms with Gasteiger partial charge in [-0.05, 0) is 37.0 Å². The molecule has 1 saturated heterocycles. The summed E-state index contributed by atoms with van der Waals surface area (Å²) in [5, 5.41) is 19.0. The van der Waals surface area contributed by atoms with Crippen molar-refractivity contribution in [1.82, 2.24) is 0 Å². The Balaban J connectivity index is 1.84. The second-order valence-electron chi connectivity index (χ2n) is 5.55. The number of aromatic carboxylic acids is 1. The van der Waals surface area contributed by atoms with E-state index in [0.29, 0.717) is 11.8 Å². The Bertz CT molecular complexity index is 517. The lowest BCUT2D eigenvalue weighted by molar-refractivity contribution is 0.0698. The van der Waals surface area contributed by atoms with E-state index < -0.39 is 5.97 Å². The Labute approximate surface area is 111 Å². The molecule has 0 aromatic heterocycles. The van der Waals surface area contributed by atoms with E-state index in [1.54, 1.807) is 12.1 Å².